The van der Waals surface area contributed by atoms with Crippen molar-refractivity contribution in [3.05, 3.63) is 54.1 Å². The van der Waals surface area contributed by atoms with Crippen LogP contribution in [0, 0.1) is 0 Å². The van der Waals surface area contributed by atoms with Gasteiger partial charge in [0.05, 0.1) is 26.2 Å². The molecule has 7 nitrogen and oxygen atoms in total. The van der Waals surface area contributed by atoms with Crippen LogP contribution in [0.15, 0.2) is 48.5 Å². The minimum atomic E-state index is -0.614. The van der Waals surface area contributed by atoms with E-state index in [9.17, 15) is 9.59 Å². The Morgan fingerprint density at radius 2 is 1.71 bits per heavy atom. The third-order valence-corrected chi connectivity index (χ3v) is 6.64. The maximum absolute atomic E-state index is 13.2. The molecule has 1 N–H and O–H groups in total. The fourth-order valence-corrected chi connectivity index (χ4v) is 4.77. The van der Waals surface area contributed by atoms with E-state index < -0.39 is 6.10 Å². The van der Waals surface area contributed by atoms with E-state index in [0.29, 0.717) is 24.6 Å². The molecule has 0 aromatic heterocycles. The lowest BCUT2D eigenvalue weighted by molar-refractivity contribution is -0.917. The van der Waals surface area contributed by atoms with Gasteiger partial charge in [-0.2, -0.15) is 0 Å². The lowest BCUT2D eigenvalue weighted by Gasteiger charge is -2.37. The second-order valence-electron chi connectivity index (χ2n) is 8.44. The maximum Gasteiger partial charge on any atom is 0.284 e. The Morgan fingerprint density at radius 1 is 1.00 bits per heavy atom. The number of nitrogens with zero attached hydrogens (tertiary/aromatic N) is 2. The van der Waals surface area contributed by atoms with Gasteiger partial charge < -0.3 is 24.2 Å². The molecule has 3 aliphatic heterocycles. The Kier molecular flexibility index (Phi) is 5.28. The SMILES string of the molecule is C[C@H](C(=O)N1CCc2ccccc21)[NH+]1CCN(C(=O)[C@H]2COc3ccccc3O2)CC1. The van der Waals surface area contributed by atoms with Gasteiger partial charge in [-0.05, 0) is 37.1 Å². The first-order chi connectivity index (χ1) is 15.1. The topological polar surface area (TPSA) is 63.5 Å². The van der Waals surface area contributed by atoms with Crippen LogP contribution in [0.5, 0.6) is 11.5 Å². The normalized spacial score (nSPS) is 21.5. The van der Waals surface area contributed by atoms with Gasteiger partial charge in [0.2, 0.25) is 6.10 Å². The summed E-state index contributed by atoms with van der Waals surface area (Å²) >= 11 is 0. The highest BCUT2D eigenvalue weighted by Crippen LogP contribution is 2.31. The first kappa shape index (κ1) is 19.9. The van der Waals surface area contributed by atoms with Crippen molar-refractivity contribution in [2.24, 2.45) is 0 Å². The molecule has 2 amide bonds. The summed E-state index contributed by atoms with van der Waals surface area (Å²) in [5, 5.41) is 0. The summed E-state index contributed by atoms with van der Waals surface area (Å²) in [6.07, 6.45) is 0.301. The molecule has 31 heavy (non-hydrogen) atoms. The molecule has 5 rings (SSSR count). The molecular weight excluding hydrogens is 394 g/mol. The minimum Gasteiger partial charge on any atom is -0.485 e. The van der Waals surface area contributed by atoms with Gasteiger partial charge in [-0.15, -0.1) is 0 Å². The molecular formula is C24H28N3O4+. The first-order valence-corrected chi connectivity index (χ1v) is 11.0. The van der Waals surface area contributed by atoms with E-state index >= 15 is 0 Å². The van der Waals surface area contributed by atoms with Crippen molar-refractivity contribution in [3.8, 4) is 11.5 Å². The number of nitrogens with one attached hydrogen (secondary N) is 1. The average Bonchev–Trinajstić information content (AvgIpc) is 3.26. The van der Waals surface area contributed by atoms with Gasteiger partial charge in [-0.3, -0.25) is 9.59 Å². The van der Waals surface area contributed by atoms with Crippen molar-refractivity contribution < 1.29 is 24.0 Å². The number of rotatable bonds is 3. The number of hydrogen-bond donors (Lipinski definition) is 1. The van der Waals surface area contributed by atoms with Crippen LogP contribution in [0.4, 0.5) is 5.69 Å². The Labute approximate surface area is 182 Å². The van der Waals surface area contributed by atoms with Crippen LogP contribution in [-0.2, 0) is 16.0 Å². The molecule has 0 aliphatic carbocycles. The average molecular weight is 423 g/mol. The molecule has 0 bridgehead atoms. The lowest BCUT2D eigenvalue weighted by Crippen LogP contribution is -3.19. The number of amides is 2. The summed E-state index contributed by atoms with van der Waals surface area (Å²) in [4.78, 5) is 31.1. The number of para-hydroxylation sites is 3. The molecule has 162 valence electrons. The quantitative estimate of drug-likeness (QED) is 0.784. The lowest BCUT2D eigenvalue weighted by atomic mass is 10.1. The number of anilines is 1. The van der Waals surface area contributed by atoms with Crippen LogP contribution in [-0.4, -0.2) is 68.2 Å². The summed E-state index contributed by atoms with van der Waals surface area (Å²) < 4.78 is 11.6. The third-order valence-electron chi connectivity index (χ3n) is 6.64. The predicted octanol–water partition coefficient (Wildman–Crippen LogP) is 0.531. The van der Waals surface area contributed by atoms with Crippen molar-refractivity contribution >= 4 is 17.5 Å². The Bertz CT molecular complexity index is 986. The number of carbonyl (C=O) groups excluding carboxylic acids is 2. The molecule has 3 heterocycles. The van der Waals surface area contributed by atoms with E-state index in [1.165, 1.54) is 10.5 Å². The first-order valence-electron chi connectivity index (χ1n) is 11.0. The predicted molar refractivity (Wildman–Crippen MR) is 116 cm³/mol. The maximum atomic E-state index is 13.2. The van der Waals surface area contributed by atoms with Crippen LogP contribution in [0.1, 0.15) is 12.5 Å². The van der Waals surface area contributed by atoms with Crippen molar-refractivity contribution in [1.82, 2.24) is 4.90 Å². The van der Waals surface area contributed by atoms with Gasteiger partial charge in [-0.25, -0.2) is 0 Å². The van der Waals surface area contributed by atoms with E-state index in [1.807, 2.05) is 59.2 Å². The van der Waals surface area contributed by atoms with E-state index in [-0.39, 0.29) is 24.5 Å². The van der Waals surface area contributed by atoms with E-state index in [1.54, 1.807) is 0 Å². The molecule has 0 unspecified atom stereocenters. The molecule has 1 saturated heterocycles. The fraction of sp³-hybridized carbons (Fsp3) is 0.417. The van der Waals surface area contributed by atoms with Gasteiger partial charge in [0.1, 0.15) is 6.61 Å². The summed E-state index contributed by atoms with van der Waals surface area (Å²) in [5.41, 5.74) is 2.28. The summed E-state index contributed by atoms with van der Waals surface area (Å²) in [6.45, 7) is 5.71. The highest BCUT2D eigenvalue weighted by Gasteiger charge is 2.38. The zero-order valence-electron chi connectivity index (χ0n) is 17.8. The molecule has 0 saturated carbocycles. The zero-order chi connectivity index (χ0) is 21.4. The van der Waals surface area contributed by atoms with Crippen LogP contribution in [0.25, 0.3) is 0 Å². The van der Waals surface area contributed by atoms with Crippen molar-refractivity contribution in [2.45, 2.75) is 25.5 Å². The van der Waals surface area contributed by atoms with Gasteiger partial charge in [0, 0.05) is 12.2 Å². The number of fused-ring (bicyclic) bond motifs is 2. The molecule has 2 aromatic carbocycles. The number of ether oxygens (including phenoxy) is 2. The third kappa shape index (κ3) is 3.74. The number of quaternary nitrogens is 1. The summed E-state index contributed by atoms with van der Waals surface area (Å²) in [6, 6.07) is 15.4. The number of benzene rings is 2. The van der Waals surface area contributed by atoms with Crippen LogP contribution < -0.4 is 19.3 Å². The molecule has 1 fully saturated rings. The fourth-order valence-electron chi connectivity index (χ4n) is 4.77. The van der Waals surface area contributed by atoms with Crippen molar-refractivity contribution in [2.75, 3.05) is 44.2 Å². The highest BCUT2D eigenvalue weighted by molar-refractivity contribution is 5.98. The molecule has 2 atom stereocenters. The monoisotopic (exact) mass is 422 g/mol. The molecule has 3 aliphatic rings. The smallest absolute Gasteiger partial charge is 0.284 e. The van der Waals surface area contributed by atoms with E-state index in [2.05, 4.69) is 6.07 Å². The number of carbonyl (C=O) groups is 2. The standard InChI is InChI=1S/C24H27N3O4/c1-17(23(28)27-11-10-18-6-2-3-7-19(18)27)25-12-14-26(15-13-25)24(29)22-16-30-20-8-4-5-9-21(20)31-22/h2-9,17,22H,10-16H2,1H3/p+1/t17-,22-/m1/s1. The van der Waals surface area contributed by atoms with Crippen LogP contribution >= 0.6 is 0 Å². The van der Waals surface area contributed by atoms with E-state index in [4.69, 9.17) is 9.47 Å². The molecule has 0 spiro atoms. The number of hydrogen-bond acceptors (Lipinski definition) is 4. The van der Waals surface area contributed by atoms with Gasteiger partial charge >= 0.3 is 0 Å². The van der Waals surface area contributed by atoms with Gasteiger partial charge in [-0.1, -0.05) is 30.3 Å². The summed E-state index contributed by atoms with van der Waals surface area (Å²) in [5.74, 6) is 1.42. The highest BCUT2D eigenvalue weighted by atomic mass is 16.6. The second-order valence-corrected chi connectivity index (χ2v) is 8.44. The van der Waals surface area contributed by atoms with E-state index in [0.717, 1.165) is 31.7 Å². The second kappa shape index (κ2) is 8.23. The number of piperazine rings is 1. The zero-order valence-corrected chi connectivity index (χ0v) is 17.8. The Morgan fingerprint density at radius 3 is 2.52 bits per heavy atom. The van der Waals surface area contributed by atoms with Crippen LogP contribution in [0.3, 0.4) is 0 Å². The van der Waals surface area contributed by atoms with Gasteiger partial charge in [0.15, 0.2) is 17.5 Å². The summed E-state index contributed by atoms with van der Waals surface area (Å²) in [7, 11) is 0. The molecule has 2 aromatic rings. The van der Waals surface area contributed by atoms with Gasteiger partial charge in [0.25, 0.3) is 11.8 Å². The van der Waals surface area contributed by atoms with Crippen LogP contribution in [0.2, 0.25) is 0 Å². The molecule has 0 radical (unpaired) electrons. The largest absolute Gasteiger partial charge is 0.485 e. The van der Waals surface area contributed by atoms with Crippen molar-refractivity contribution in [3.63, 3.8) is 0 Å². The molecule has 7 heteroatoms. The minimum absolute atomic E-state index is 0.0407. The Balaban J connectivity index is 1.17. The Hall–Kier alpha value is -3.06. The van der Waals surface area contributed by atoms with Crippen molar-refractivity contribution in [1.29, 1.82) is 0 Å².